The number of oxazole rings is 1. The molecule has 102 valence electrons. The summed E-state index contributed by atoms with van der Waals surface area (Å²) in [6.45, 7) is 1.91. The normalized spacial score (nSPS) is 9.85. The third kappa shape index (κ3) is 2.92. The number of anilines is 2. The molecule has 2 aromatic rings. The number of ether oxygens (including phenoxy) is 1. The molecule has 2 rings (SSSR count). The van der Waals surface area contributed by atoms with Crippen LogP contribution in [0.2, 0.25) is 0 Å². The second-order valence-electron chi connectivity index (χ2n) is 3.69. The summed E-state index contributed by atoms with van der Waals surface area (Å²) in [7, 11) is 0. The van der Waals surface area contributed by atoms with Gasteiger partial charge in [0.05, 0.1) is 12.2 Å². The van der Waals surface area contributed by atoms with E-state index < -0.39 is 11.8 Å². The van der Waals surface area contributed by atoms with Gasteiger partial charge in [-0.2, -0.15) is 10.2 Å². The van der Waals surface area contributed by atoms with Gasteiger partial charge in [0.15, 0.2) is 5.69 Å². The predicted octanol–water partition coefficient (Wildman–Crippen LogP) is 2.61. The Kier molecular flexibility index (Phi) is 3.96. The van der Waals surface area contributed by atoms with E-state index in [0.717, 1.165) is 12.3 Å². The number of nitrogens with one attached hydrogen (secondary N) is 1. The van der Waals surface area contributed by atoms with Gasteiger partial charge in [-0.05, 0) is 25.1 Å². The lowest BCUT2D eigenvalue weighted by atomic mass is 10.2. The first-order chi connectivity index (χ1) is 9.63. The molecule has 0 saturated heterocycles. The van der Waals surface area contributed by atoms with Gasteiger partial charge in [-0.25, -0.2) is 9.18 Å². The van der Waals surface area contributed by atoms with Crippen LogP contribution in [0.5, 0.6) is 0 Å². The summed E-state index contributed by atoms with van der Waals surface area (Å²) in [4.78, 5) is 15.3. The first-order valence-electron chi connectivity index (χ1n) is 5.73. The summed E-state index contributed by atoms with van der Waals surface area (Å²) in [6, 6.07) is 5.65. The molecule has 7 heteroatoms. The molecular weight excluding hydrogens is 265 g/mol. The Morgan fingerprint density at radius 1 is 1.60 bits per heavy atom. The van der Waals surface area contributed by atoms with Gasteiger partial charge < -0.3 is 14.5 Å². The van der Waals surface area contributed by atoms with E-state index in [1.54, 1.807) is 13.0 Å². The molecule has 0 amide bonds. The standard InChI is InChI=1S/C13H10FN3O3/c1-2-19-12(18)11-7-20-13(17-11)16-9-3-4-10(14)8(5-9)6-15/h3-5,7H,2H2,1H3,(H,16,17). The van der Waals surface area contributed by atoms with Crippen LogP contribution in [0.3, 0.4) is 0 Å². The van der Waals surface area contributed by atoms with Gasteiger partial charge in [0.1, 0.15) is 18.1 Å². The molecule has 0 atom stereocenters. The van der Waals surface area contributed by atoms with Crippen molar-refractivity contribution in [3.05, 3.63) is 41.5 Å². The van der Waals surface area contributed by atoms with E-state index in [-0.39, 0.29) is 23.9 Å². The highest BCUT2D eigenvalue weighted by molar-refractivity contribution is 5.87. The lowest BCUT2D eigenvalue weighted by Crippen LogP contribution is -2.05. The fourth-order valence-electron chi connectivity index (χ4n) is 1.44. The average Bonchev–Trinajstić information content (AvgIpc) is 2.90. The van der Waals surface area contributed by atoms with E-state index in [2.05, 4.69) is 10.3 Å². The Bertz CT molecular complexity index is 676. The van der Waals surface area contributed by atoms with Gasteiger partial charge >= 0.3 is 5.97 Å². The zero-order valence-corrected chi connectivity index (χ0v) is 10.5. The molecule has 0 saturated carbocycles. The Balaban J connectivity index is 2.15. The molecule has 0 aliphatic rings. The summed E-state index contributed by atoms with van der Waals surface area (Å²) in [5.74, 6) is -1.21. The Morgan fingerprint density at radius 2 is 2.40 bits per heavy atom. The first kappa shape index (κ1) is 13.5. The van der Waals surface area contributed by atoms with Gasteiger partial charge in [0.2, 0.25) is 0 Å². The lowest BCUT2D eigenvalue weighted by molar-refractivity contribution is 0.0519. The molecule has 1 heterocycles. The number of nitrogens with zero attached hydrogens (tertiary/aromatic N) is 2. The number of rotatable bonds is 4. The van der Waals surface area contributed by atoms with Crippen LogP contribution < -0.4 is 5.32 Å². The van der Waals surface area contributed by atoms with Gasteiger partial charge in [-0.1, -0.05) is 0 Å². The van der Waals surface area contributed by atoms with Crippen molar-refractivity contribution >= 4 is 17.7 Å². The molecule has 6 nitrogen and oxygen atoms in total. The van der Waals surface area contributed by atoms with E-state index in [9.17, 15) is 9.18 Å². The maximum Gasteiger partial charge on any atom is 0.360 e. The van der Waals surface area contributed by atoms with Crippen LogP contribution in [-0.4, -0.2) is 17.6 Å². The summed E-state index contributed by atoms with van der Waals surface area (Å²) in [6.07, 6.45) is 1.15. The SMILES string of the molecule is CCOC(=O)c1coc(Nc2ccc(F)c(C#N)c2)n1. The second-order valence-corrected chi connectivity index (χ2v) is 3.69. The van der Waals surface area contributed by atoms with Crippen molar-refractivity contribution in [2.24, 2.45) is 0 Å². The number of esters is 1. The number of aromatic nitrogens is 1. The molecule has 1 aromatic carbocycles. The Labute approximate surface area is 113 Å². The third-order valence-corrected chi connectivity index (χ3v) is 2.33. The monoisotopic (exact) mass is 275 g/mol. The minimum atomic E-state index is -0.613. The quantitative estimate of drug-likeness (QED) is 0.863. The molecule has 0 fully saturated rings. The molecule has 0 bridgehead atoms. The number of hydrogen-bond donors (Lipinski definition) is 1. The summed E-state index contributed by atoms with van der Waals surface area (Å²) < 4.78 is 23.0. The smallest absolute Gasteiger partial charge is 0.360 e. The van der Waals surface area contributed by atoms with Crippen LogP contribution in [0.25, 0.3) is 0 Å². The van der Waals surface area contributed by atoms with Crippen LogP contribution in [0.4, 0.5) is 16.1 Å². The number of hydrogen-bond acceptors (Lipinski definition) is 6. The second kappa shape index (κ2) is 5.84. The van der Waals surface area contributed by atoms with Crippen molar-refractivity contribution in [1.29, 1.82) is 5.26 Å². The number of carbonyl (C=O) groups excluding carboxylic acids is 1. The van der Waals surface area contributed by atoms with E-state index in [4.69, 9.17) is 14.4 Å². The minimum Gasteiger partial charge on any atom is -0.461 e. The van der Waals surface area contributed by atoms with Crippen LogP contribution in [0, 0.1) is 17.1 Å². The third-order valence-electron chi connectivity index (χ3n) is 2.33. The van der Waals surface area contributed by atoms with E-state index in [1.165, 1.54) is 12.1 Å². The Morgan fingerprint density at radius 3 is 3.10 bits per heavy atom. The maximum atomic E-state index is 13.2. The van der Waals surface area contributed by atoms with Crippen LogP contribution >= 0.6 is 0 Å². The van der Waals surface area contributed by atoms with Crippen molar-refractivity contribution in [2.45, 2.75) is 6.92 Å². The van der Waals surface area contributed by atoms with Gasteiger partial charge in [-0.15, -0.1) is 0 Å². The number of halogens is 1. The van der Waals surface area contributed by atoms with E-state index in [1.807, 2.05) is 0 Å². The van der Waals surface area contributed by atoms with Crippen molar-refractivity contribution < 1.29 is 18.3 Å². The molecule has 0 aliphatic heterocycles. The lowest BCUT2D eigenvalue weighted by Gasteiger charge is -2.02. The maximum absolute atomic E-state index is 13.2. The van der Waals surface area contributed by atoms with E-state index >= 15 is 0 Å². The van der Waals surface area contributed by atoms with Crippen molar-refractivity contribution in [3.8, 4) is 6.07 Å². The number of benzene rings is 1. The molecule has 1 aromatic heterocycles. The molecule has 0 spiro atoms. The zero-order valence-electron chi connectivity index (χ0n) is 10.5. The zero-order chi connectivity index (χ0) is 14.5. The van der Waals surface area contributed by atoms with Gasteiger partial charge in [-0.3, -0.25) is 0 Å². The summed E-state index contributed by atoms with van der Waals surface area (Å²) >= 11 is 0. The average molecular weight is 275 g/mol. The molecule has 0 aliphatic carbocycles. The highest BCUT2D eigenvalue weighted by atomic mass is 19.1. The van der Waals surface area contributed by atoms with E-state index in [0.29, 0.717) is 5.69 Å². The topological polar surface area (TPSA) is 88.1 Å². The largest absolute Gasteiger partial charge is 0.461 e. The molecule has 1 N–H and O–H groups in total. The van der Waals surface area contributed by atoms with Gasteiger partial charge in [0.25, 0.3) is 6.01 Å². The number of carbonyl (C=O) groups is 1. The van der Waals surface area contributed by atoms with Crippen LogP contribution in [0.15, 0.2) is 28.9 Å². The number of nitriles is 1. The van der Waals surface area contributed by atoms with Crippen LogP contribution in [0.1, 0.15) is 23.0 Å². The van der Waals surface area contributed by atoms with Crippen molar-refractivity contribution in [2.75, 3.05) is 11.9 Å². The van der Waals surface area contributed by atoms with Gasteiger partial charge in [0, 0.05) is 5.69 Å². The predicted molar refractivity (Wildman–Crippen MR) is 66.9 cm³/mol. The highest BCUT2D eigenvalue weighted by Gasteiger charge is 2.13. The fraction of sp³-hybridized carbons (Fsp3) is 0.154. The molecule has 0 unspecified atom stereocenters. The molecule has 20 heavy (non-hydrogen) atoms. The Hall–Kier alpha value is -2.88. The van der Waals surface area contributed by atoms with Crippen molar-refractivity contribution in [3.63, 3.8) is 0 Å². The first-order valence-corrected chi connectivity index (χ1v) is 5.73. The van der Waals surface area contributed by atoms with Crippen molar-refractivity contribution in [1.82, 2.24) is 4.98 Å². The minimum absolute atomic E-state index is 0.0250. The fourth-order valence-corrected chi connectivity index (χ4v) is 1.44. The highest BCUT2D eigenvalue weighted by Crippen LogP contribution is 2.19. The summed E-state index contributed by atoms with van der Waals surface area (Å²) in [5.41, 5.74) is 0.337. The molecular formula is C13H10FN3O3. The molecule has 0 radical (unpaired) electrons. The summed E-state index contributed by atoms with van der Waals surface area (Å²) in [5, 5.41) is 11.4. The van der Waals surface area contributed by atoms with Crippen LogP contribution in [-0.2, 0) is 4.74 Å².